The minimum Gasteiger partial charge on any atom is -0.316 e. The van der Waals surface area contributed by atoms with Gasteiger partial charge in [0.05, 0.1) is 16.6 Å². The first kappa shape index (κ1) is 17.5. The largest absolute Gasteiger partial charge is 0.416 e. The van der Waals surface area contributed by atoms with Crippen LogP contribution in [-0.4, -0.2) is 21.4 Å². The smallest absolute Gasteiger partial charge is 0.316 e. The zero-order chi connectivity index (χ0) is 19.2. The fraction of sp³-hybridized carbons (Fsp3) is 0.263. The molecule has 27 heavy (non-hydrogen) atoms. The van der Waals surface area contributed by atoms with Gasteiger partial charge in [-0.3, -0.25) is 14.5 Å². The second-order valence-electron chi connectivity index (χ2n) is 6.69. The van der Waals surface area contributed by atoms with Gasteiger partial charge in [-0.05, 0) is 41.3 Å². The molecule has 4 rings (SSSR count). The molecule has 0 saturated carbocycles. The van der Waals surface area contributed by atoms with Crippen LogP contribution in [0, 0.1) is 0 Å². The van der Waals surface area contributed by atoms with Crippen LogP contribution < -0.4 is 11.1 Å². The molecule has 5 nitrogen and oxygen atoms in total. The van der Waals surface area contributed by atoms with E-state index in [1.807, 2.05) is 6.07 Å². The summed E-state index contributed by atoms with van der Waals surface area (Å²) in [5.41, 5.74) is 1.92. The number of hydrogen-bond donors (Lipinski definition) is 2. The van der Waals surface area contributed by atoms with Crippen LogP contribution in [0.3, 0.4) is 0 Å². The molecule has 0 spiro atoms. The molecule has 0 unspecified atom stereocenters. The van der Waals surface area contributed by atoms with Crippen molar-refractivity contribution in [3.8, 4) is 0 Å². The van der Waals surface area contributed by atoms with E-state index in [1.165, 1.54) is 12.1 Å². The lowest BCUT2D eigenvalue weighted by molar-refractivity contribution is -0.137. The molecule has 1 aromatic heterocycles. The third-order valence-electron chi connectivity index (χ3n) is 4.87. The highest BCUT2D eigenvalue weighted by Crippen LogP contribution is 2.30. The average molecular weight is 375 g/mol. The van der Waals surface area contributed by atoms with Crippen LogP contribution in [0.5, 0.6) is 0 Å². The van der Waals surface area contributed by atoms with Crippen molar-refractivity contribution in [3.63, 3.8) is 0 Å². The zero-order valence-electron chi connectivity index (χ0n) is 14.2. The van der Waals surface area contributed by atoms with Gasteiger partial charge in [-0.25, -0.2) is 0 Å². The lowest BCUT2D eigenvalue weighted by Crippen LogP contribution is -2.33. The predicted octanol–water partition coefficient (Wildman–Crippen LogP) is 2.79. The summed E-state index contributed by atoms with van der Waals surface area (Å²) < 4.78 is 38.1. The molecule has 2 aromatic carbocycles. The molecule has 8 heteroatoms. The van der Waals surface area contributed by atoms with Crippen LogP contribution in [0.25, 0.3) is 11.0 Å². The van der Waals surface area contributed by atoms with Crippen LogP contribution >= 0.6 is 0 Å². The highest BCUT2D eigenvalue weighted by Gasteiger charge is 2.30. The molecule has 0 saturated heterocycles. The van der Waals surface area contributed by atoms with Crippen molar-refractivity contribution in [2.75, 3.05) is 6.54 Å². The molecule has 1 aliphatic rings. The van der Waals surface area contributed by atoms with Crippen LogP contribution in [-0.2, 0) is 25.7 Å². The maximum absolute atomic E-state index is 12.7. The van der Waals surface area contributed by atoms with E-state index in [4.69, 9.17) is 0 Å². The summed E-state index contributed by atoms with van der Waals surface area (Å²) >= 11 is 0. The monoisotopic (exact) mass is 375 g/mol. The predicted molar refractivity (Wildman–Crippen MR) is 94.5 cm³/mol. The van der Waals surface area contributed by atoms with Gasteiger partial charge in [-0.15, -0.1) is 0 Å². The van der Waals surface area contributed by atoms with E-state index >= 15 is 0 Å². The van der Waals surface area contributed by atoms with Gasteiger partial charge in [-0.2, -0.15) is 13.2 Å². The molecule has 0 atom stereocenters. The quantitative estimate of drug-likeness (QED) is 0.677. The molecule has 0 fully saturated rings. The molecular weight excluding hydrogens is 359 g/mol. The Kier molecular flexibility index (Phi) is 4.15. The maximum atomic E-state index is 12.7. The Morgan fingerprint density at radius 1 is 0.963 bits per heavy atom. The Balaban J connectivity index is 1.61. The van der Waals surface area contributed by atoms with Crippen LogP contribution in [0.15, 0.2) is 46.0 Å². The fourth-order valence-electron chi connectivity index (χ4n) is 3.48. The molecule has 1 aliphatic heterocycles. The van der Waals surface area contributed by atoms with Crippen molar-refractivity contribution >= 4 is 11.0 Å². The minimum absolute atomic E-state index is 0.502. The molecule has 0 bridgehead atoms. The molecule has 140 valence electrons. The van der Waals surface area contributed by atoms with E-state index in [1.54, 1.807) is 6.07 Å². The summed E-state index contributed by atoms with van der Waals surface area (Å²) in [6, 6.07) is 8.86. The van der Waals surface area contributed by atoms with E-state index in [0.717, 1.165) is 41.8 Å². The van der Waals surface area contributed by atoms with E-state index in [9.17, 15) is 22.8 Å². The number of alkyl halides is 3. The average Bonchev–Trinajstić information content (AvgIpc) is 2.62. The molecule has 2 heterocycles. The molecule has 0 radical (unpaired) electrons. The molecule has 2 N–H and O–H groups in total. The Labute approximate surface area is 151 Å². The van der Waals surface area contributed by atoms with Gasteiger partial charge in [0, 0.05) is 19.6 Å². The normalized spacial score (nSPS) is 15.1. The Hall–Kier alpha value is -2.87. The number of aromatic amines is 2. The van der Waals surface area contributed by atoms with Gasteiger partial charge in [0.2, 0.25) is 0 Å². The lowest BCUT2D eigenvalue weighted by atomic mass is 9.97. The first-order valence-electron chi connectivity index (χ1n) is 8.47. The number of nitrogens with zero attached hydrogens (tertiary/aromatic N) is 1. The summed E-state index contributed by atoms with van der Waals surface area (Å²) in [5, 5.41) is 0. The van der Waals surface area contributed by atoms with Gasteiger partial charge in [0.25, 0.3) is 0 Å². The number of hydrogen-bond acceptors (Lipinski definition) is 3. The number of halogens is 3. The van der Waals surface area contributed by atoms with Crippen molar-refractivity contribution in [3.05, 3.63) is 79.4 Å². The van der Waals surface area contributed by atoms with E-state index in [2.05, 4.69) is 14.9 Å². The molecular formula is C19H16F3N3O2. The van der Waals surface area contributed by atoms with Gasteiger partial charge in [-0.1, -0.05) is 18.2 Å². The van der Waals surface area contributed by atoms with Gasteiger partial charge in [0.1, 0.15) is 0 Å². The second-order valence-corrected chi connectivity index (χ2v) is 6.69. The molecule has 0 amide bonds. The van der Waals surface area contributed by atoms with Gasteiger partial charge >= 0.3 is 17.3 Å². The van der Waals surface area contributed by atoms with Crippen molar-refractivity contribution in [1.29, 1.82) is 0 Å². The third kappa shape index (κ3) is 3.40. The highest BCUT2D eigenvalue weighted by atomic mass is 19.4. The number of rotatable bonds is 2. The van der Waals surface area contributed by atoms with Gasteiger partial charge in [0.15, 0.2) is 0 Å². The summed E-state index contributed by atoms with van der Waals surface area (Å²) in [4.78, 5) is 30.5. The molecule has 0 aliphatic carbocycles. The van der Waals surface area contributed by atoms with E-state index in [-0.39, 0.29) is 0 Å². The first-order chi connectivity index (χ1) is 12.8. The standard InChI is InChI=1S/C19H16F3N3O2/c20-19(21,22)13-4-1-11(2-5-13)9-25-8-7-12-3-6-15-16(14(12)10-25)24-18(27)17(26)23-15/h1-6H,7-10H2,(H,23,26)(H,24,27). The van der Waals surface area contributed by atoms with Crippen molar-refractivity contribution in [2.45, 2.75) is 25.7 Å². The Bertz CT molecular complexity index is 1110. The summed E-state index contributed by atoms with van der Waals surface area (Å²) in [6.07, 6.45) is -3.59. The van der Waals surface area contributed by atoms with Gasteiger partial charge < -0.3 is 9.97 Å². The topological polar surface area (TPSA) is 69.0 Å². The fourth-order valence-corrected chi connectivity index (χ4v) is 3.48. The highest BCUT2D eigenvalue weighted by molar-refractivity contribution is 5.79. The van der Waals surface area contributed by atoms with Crippen LogP contribution in [0.2, 0.25) is 0 Å². The third-order valence-corrected chi connectivity index (χ3v) is 4.87. The van der Waals surface area contributed by atoms with Crippen LogP contribution in [0.4, 0.5) is 13.2 Å². The number of benzene rings is 2. The number of nitrogens with one attached hydrogen (secondary N) is 2. The zero-order valence-corrected chi connectivity index (χ0v) is 14.2. The Morgan fingerprint density at radius 2 is 1.67 bits per heavy atom. The summed E-state index contributed by atoms with van der Waals surface area (Å²) in [5.74, 6) is 0. The number of fused-ring (bicyclic) bond motifs is 3. The molecule has 3 aromatic rings. The number of H-pyrrole nitrogens is 2. The maximum Gasteiger partial charge on any atom is 0.416 e. The summed E-state index contributed by atoms with van der Waals surface area (Å²) in [6.45, 7) is 1.80. The number of aromatic nitrogens is 2. The second kappa shape index (κ2) is 6.38. The summed E-state index contributed by atoms with van der Waals surface area (Å²) in [7, 11) is 0. The van der Waals surface area contributed by atoms with Crippen molar-refractivity contribution in [2.24, 2.45) is 0 Å². The SMILES string of the molecule is O=c1[nH]c2ccc3c(c2[nH]c1=O)CN(Cc1ccc(C(F)(F)F)cc1)CC3. The minimum atomic E-state index is -4.34. The van der Waals surface area contributed by atoms with Crippen LogP contribution in [0.1, 0.15) is 22.3 Å². The Morgan fingerprint density at radius 3 is 2.37 bits per heavy atom. The van der Waals surface area contributed by atoms with E-state index < -0.39 is 22.9 Å². The van der Waals surface area contributed by atoms with Crippen molar-refractivity contribution in [1.82, 2.24) is 14.9 Å². The lowest BCUT2D eigenvalue weighted by Gasteiger charge is -2.29. The van der Waals surface area contributed by atoms with Crippen molar-refractivity contribution < 1.29 is 13.2 Å². The first-order valence-corrected chi connectivity index (χ1v) is 8.47. The van der Waals surface area contributed by atoms with E-state index in [0.29, 0.717) is 24.1 Å².